The van der Waals surface area contributed by atoms with E-state index in [0.29, 0.717) is 18.5 Å². The van der Waals surface area contributed by atoms with Gasteiger partial charge in [-0.1, -0.05) is 19.1 Å². The van der Waals surface area contributed by atoms with E-state index in [1.807, 2.05) is 6.07 Å². The molecule has 0 unspecified atom stereocenters. The quantitative estimate of drug-likeness (QED) is 0.830. The van der Waals surface area contributed by atoms with Gasteiger partial charge in [-0.05, 0) is 37.6 Å². The minimum absolute atomic E-state index is 0.114. The second kappa shape index (κ2) is 7.46. The zero-order valence-corrected chi connectivity index (χ0v) is 13.0. The van der Waals surface area contributed by atoms with Gasteiger partial charge in [-0.25, -0.2) is 4.98 Å². The number of halogens is 3. The predicted molar refractivity (Wildman–Crippen MR) is 82.3 cm³/mol. The third-order valence-electron chi connectivity index (χ3n) is 3.48. The van der Waals surface area contributed by atoms with Crippen LogP contribution in [0.25, 0.3) is 0 Å². The van der Waals surface area contributed by atoms with Crippen molar-refractivity contribution < 1.29 is 17.9 Å². The molecule has 0 aliphatic heterocycles. The van der Waals surface area contributed by atoms with E-state index in [1.54, 1.807) is 12.3 Å². The summed E-state index contributed by atoms with van der Waals surface area (Å²) >= 11 is 0. The van der Waals surface area contributed by atoms with Gasteiger partial charge in [0.15, 0.2) is 0 Å². The van der Waals surface area contributed by atoms with Crippen LogP contribution in [0.5, 0.6) is 11.6 Å². The average molecular weight is 324 g/mol. The Labute approximate surface area is 133 Å². The van der Waals surface area contributed by atoms with Gasteiger partial charge in [-0.2, -0.15) is 13.2 Å². The summed E-state index contributed by atoms with van der Waals surface area (Å²) < 4.78 is 43.8. The fourth-order valence-electron chi connectivity index (χ4n) is 1.93. The van der Waals surface area contributed by atoms with Crippen molar-refractivity contribution in [2.75, 3.05) is 0 Å². The van der Waals surface area contributed by atoms with E-state index in [-0.39, 0.29) is 5.75 Å². The Balaban J connectivity index is 2.17. The number of hydrogen-bond acceptors (Lipinski definition) is 3. The smallest absolute Gasteiger partial charge is 0.416 e. The summed E-state index contributed by atoms with van der Waals surface area (Å²) in [6.07, 6.45) is -1.87. The second-order valence-electron chi connectivity index (χ2n) is 5.29. The molecule has 0 aliphatic rings. The Kier molecular flexibility index (Phi) is 5.60. The first kappa shape index (κ1) is 17.3. The molecule has 1 aromatic heterocycles. The van der Waals surface area contributed by atoms with Crippen molar-refractivity contribution >= 4 is 0 Å². The van der Waals surface area contributed by atoms with Crippen molar-refractivity contribution in [3.63, 3.8) is 0 Å². The first-order valence-electron chi connectivity index (χ1n) is 7.42. The number of hydrogen-bond donors (Lipinski definition) is 1. The van der Waals surface area contributed by atoms with Crippen molar-refractivity contribution in [2.24, 2.45) is 0 Å². The van der Waals surface area contributed by atoms with Gasteiger partial charge < -0.3 is 10.1 Å². The normalized spacial score (nSPS) is 12.9. The standard InChI is InChI=1S/C17H19F3N2O/c1-3-12(2)22-11-13-6-5-9-21-16(13)23-15-8-4-7-14(10-15)17(18,19)20/h4-10,12,22H,3,11H2,1-2H3/t12-/m1/s1. The zero-order valence-electron chi connectivity index (χ0n) is 13.0. The van der Waals surface area contributed by atoms with Crippen molar-refractivity contribution in [2.45, 2.75) is 39.0 Å². The number of benzene rings is 1. The van der Waals surface area contributed by atoms with E-state index >= 15 is 0 Å². The molecule has 6 heteroatoms. The van der Waals surface area contributed by atoms with Crippen LogP contribution in [0.2, 0.25) is 0 Å². The highest BCUT2D eigenvalue weighted by molar-refractivity contribution is 5.35. The molecule has 1 heterocycles. The van der Waals surface area contributed by atoms with Gasteiger partial charge in [-0.3, -0.25) is 0 Å². The van der Waals surface area contributed by atoms with E-state index in [4.69, 9.17) is 4.74 Å². The van der Waals surface area contributed by atoms with E-state index in [0.717, 1.165) is 24.1 Å². The van der Waals surface area contributed by atoms with E-state index in [2.05, 4.69) is 24.1 Å². The van der Waals surface area contributed by atoms with E-state index in [1.165, 1.54) is 12.1 Å². The summed E-state index contributed by atoms with van der Waals surface area (Å²) in [6.45, 7) is 4.67. The van der Waals surface area contributed by atoms with Crippen LogP contribution >= 0.6 is 0 Å². The molecule has 0 saturated carbocycles. The monoisotopic (exact) mass is 324 g/mol. The van der Waals surface area contributed by atoms with Crippen LogP contribution < -0.4 is 10.1 Å². The maximum atomic E-state index is 12.8. The molecule has 2 aromatic rings. The molecule has 0 amide bonds. The van der Waals surface area contributed by atoms with Gasteiger partial charge >= 0.3 is 6.18 Å². The molecule has 0 radical (unpaired) electrons. The topological polar surface area (TPSA) is 34.2 Å². The minimum atomic E-state index is -4.40. The van der Waals surface area contributed by atoms with Gasteiger partial charge in [0.05, 0.1) is 5.56 Å². The molecule has 0 spiro atoms. The molecular weight excluding hydrogens is 305 g/mol. The van der Waals surface area contributed by atoms with Crippen LogP contribution in [0.4, 0.5) is 13.2 Å². The molecule has 124 valence electrons. The van der Waals surface area contributed by atoms with Gasteiger partial charge in [0.1, 0.15) is 5.75 Å². The summed E-state index contributed by atoms with van der Waals surface area (Å²) in [7, 11) is 0. The predicted octanol–water partition coefficient (Wildman–Crippen LogP) is 4.78. The maximum absolute atomic E-state index is 12.8. The lowest BCUT2D eigenvalue weighted by Crippen LogP contribution is -2.24. The van der Waals surface area contributed by atoms with Crippen LogP contribution in [0.3, 0.4) is 0 Å². The summed E-state index contributed by atoms with van der Waals surface area (Å²) in [4.78, 5) is 4.13. The highest BCUT2D eigenvalue weighted by Gasteiger charge is 2.30. The largest absolute Gasteiger partial charge is 0.439 e. The number of nitrogens with one attached hydrogen (secondary N) is 1. The van der Waals surface area contributed by atoms with Crippen molar-refractivity contribution in [3.05, 3.63) is 53.7 Å². The molecule has 1 atom stereocenters. The number of nitrogens with zero attached hydrogens (tertiary/aromatic N) is 1. The molecule has 1 N–H and O–H groups in total. The Morgan fingerprint density at radius 2 is 2.00 bits per heavy atom. The number of pyridine rings is 1. The van der Waals surface area contributed by atoms with Crippen LogP contribution in [-0.4, -0.2) is 11.0 Å². The average Bonchev–Trinajstić information content (AvgIpc) is 2.53. The molecule has 0 aliphatic carbocycles. The maximum Gasteiger partial charge on any atom is 0.416 e. The zero-order chi connectivity index (χ0) is 16.9. The first-order chi connectivity index (χ1) is 10.9. The van der Waals surface area contributed by atoms with Crippen LogP contribution in [0, 0.1) is 0 Å². The number of rotatable bonds is 6. The molecule has 0 fully saturated rings. The lowest BCUT2D eigenvalue weighted by molar-refractivity contribution is -0.137. The molecule has 0 bridgehead atoms. The molecule has 0 saturated heterocycles. The summed E-state index contributed by atoms with van der Waals surface area (Å²) in [5.74, 6) is 0.422. The van der Waals surface area contributed by atoms with Gasteiger partial charge in [-0.15, -0.1) is 0 Å². The van der Waals surface area contributed by atoms with E-state index < -0.39 is 11.7 Å². The third kappa shape index (κ3) is 4.96. The minimum Gasteiger partial charge on any atom is -0.439 e. The van der Waals surface area contributed by atoms with Crippen molar-refractivity contribution in [1.82, 2.24) is 10.3 Å². The molecule has 1 aromatic carbocycles. The summed E-state index contributed by atoms with van der Waals surface area (Å²) in [6, 6.07) is 8.72. The Hall–Kier alpha value is -2.08. The highest BCUT2D eigenvalue weighted by atomic mass is 19.4. The Morgan fingerprint density at radius 1 is 1.22 bits per heavy atom. The lowest BCUT2D eigenvalue weighted by atomic mass is 10.2. The highest BCUT2D eigenvalue weighted by Crippen LogP contribution is 2.32. The molecule has 23 heavy (non-hydrogen) atoms. The fraction of sp³-hybridized carbons (Fsp3) is 0.353. The lowest BCUT2D eigenvalue weighted by Gasteiger charge is -2.14. The Bertz CT molecular complexity index is 644. The second-order valence-corrected chi connectivity index (χ2v) is 5.29. The SMILES string of the molecule is CC[C@@H](C)NCc1cccnc1Oc1cccc(C(F)(F)F)c1. The first-order valence-corrected chi connectivity index (χ1v) is 7.42. The molecule has 3 nitrogen and oxygen atoms in total. The molecule has 2 rings (SSSR count). The number of alkyl halides is 3. The van der Waals surface area contributed by atoms with Crippen molar-refractivity contribution in [1.29, 1.82) is 0 Å². The summed E-state index contributed by atoms with van der Waals surface area (Å²) in [5, 5.41) is 3.31. The molecular formula is C17H19F3N2O. The number of ether oxygens (including phenoxy) is 1. The van der Waals surface area contributed by atoms with Crippen LogP contribution in [0.15, 0.2) is 42.6 Å². The van der Waals surface area contributed by atoms with Crippen LogP contribution in [-0.2, 0) is 12.7 Å². The van der Waals surface area contributed by atoms with Crippen molar-refractivity contribution in [3.8, 4) is 11.6 Å². The van der Waals surface area contributed by atoms with Gasteiger partial charge in [0.25, 0.3) is 0 Å². The van der Waals surface area contributed by atoms with Crippen LogP contribution in [0.1, 0.15) is 31.4 Å². The Morgan fingerprint density at radius 3 is 2.70 bits per heavy atom. The van der Waals surface area contributed by atoms with E-state index in [9.17, 15) is 13.2 Å². The fourth-order valence-corrected chi connectivity index (χ4v) is 1.93. The third-order valence-corrected chi connectivity index (χ3v) is 3.48. The van der Waals surface area contributed by atoms with Gasteiger partial charge in [0, 0.05) is 24.3 Å². The van der Waals surface area contributed by atoms with Gasteiger partial charge in [0.2, 0.25) is 5.88 Å². The number of aromatic nitrogens is 1. The summed E-state index contributed by atoms with van der Waals surface area (Å²) in [5.41, 5.74) is 0.0513.